The van der Waals surface area contributed by atoms with Crippen molar-refractivity contribution in [2.24, 2.45) is 11.7 Å². The minimum atomic E-state index is -0.129. The molecule has 5 nitrogen and oxygen atoms in total. The summed E-state index contributed by atoms with van der Waals surface area (Å²) in [5.74, 6) is 0.901. The predicted molar refractivity (Wildman–Crippen MR) is 79.9 cm³/mol. The maximum atomic E-state index is 11.8. The van der Waals surface area contributed by atoms with Crippen LogP contribution in [-0.2, 0) is 9.53 Å². The fourth-order valence-electron chi connectivity index (χ4n) is 1.57. The Bertz CT molecular complexity index is 421. The number of carbonyl (C=O) groups excluding carboxylic acids is 1. The maximum absolute atomic E-state index is 11.8. The average Bonchev–Trinajstić information content (AvgIpc) is 2.39. The van der Waals surface area contributed by atoms with E-state index in [2.05, 4.69) is 5.32 Å². The lowest BCUT2D eigenvalue weighted by Crippen LogP contribution is -2.31. The van der Waals surface area contributed by atoms with Gasteiger partial charge in [-0.1, -0.05) is 19.9 Å². The highest BCUT2D eigenvalue weighted by Gasteiger charge is 2.13. The van der Waals surface area contributed by atoms with E-state index in [9.17, 15) is 4.79 Å². The zero-order valence-corrected chi connectivity index (χ0v) is 12.4. The van der Waals surface area contributed by atoms with Crippen LogP contribution in [-0.4, -0.2) is 32.3 Å². The minimum absolute atomic E-state index is 0.0831. The van der Waals surface area contributed by atoms with Crippen molar-refractivity contribution in [2.45, 2.75) is 26.3 Å². The van der Waals surface area contributed by atoms with E-state index in [1.54, 1.807) is 13.2 Å². The number of ether oxygens (including phenoxy) is 2. The Hall–Kier alpha value is -1.59. The number of hydrogen-bond donors (Lipinski definition) is 2. The van der Waals surface area contributed by atoms with Gasteiger partial charge in [0.25, 0.3) is 0 Å². The summed E-state index contributed by atoms with van der Waals surface area (Å²) in [4.78, 5) is 11.8. The van der Waals surface area contributed by atoms with Crippen molar-refractivity contribution in [1.82, 2.24) is 0 Å². The summed E-state index contributed by atoms with van der Waals surface area (Å²) in [5, 5.41) is 2.83. The predicted octanol–water partition coefficient (Wildman–Crippen LogP) is 2.02. The third kappa shape index (κ3) is 6.04. The Morgan fingerprint density at radius 3 is 2.75 bits per heavy atom. The second kappa shape index (κ2) is 8.55. The molecule has 1 unspecified atom stereocenters. The highest BCUT2D eigenvalue weighted by Crippen LogP contribution is 2.17. The number of benzene rings is 1. The van der Waals surface area contributed by atoms with Crippen LogP contribution in [0.1, 0.15) is 20.3 Å². The Labute approximate surface area is 120 Å². The van der Waals surface area contributed by atoms with E-state index in [1.165, 1.54) is 0 Å². The summed E-state index contributed by atoms with van der Waals surface area (Å²) < 4.78 is 10.4. The van der Waals surface area contributed by atoms with Crippen LogP contribution in [0.3, 0.4) is 0 Å². The lowest BCUT2D eigenvalue weighted by Gasteiger charge is -2.15. The van der Waals surface area contributed by atoms with E-state index in [4.69, 9.17) is 15.2 Å². The molecule has 0 aromatic heterocycles. The molecular formula is C15H24N2O3. The van der Waals surface area contributed by atoms with Gasteiger partial charge in [-0.3, -0.25) is 4.79 Å². The number of anilines is 1. The molecule has 0 saturated carbocycles. The van der Waals surface area contributed by atoms with E-state index >= 15 is 0 Å². The zero-order chi connectivity index (χ0) is 15.0. The highest BCUT2D eigenvalue weighted by atomic mass is 16.5. The van der Waals surface area contributed by atoms with Gasteiger partial charge in [-0.15, -0.1) is 0 Å². The fourth-order valence-corrected chi connectivity index (χ4v) is 1.57. The Kier molecular flexibility index (Phi) is 7.04. The van der Waals surface area contributed by atoms with Gasteiger partial charge in [0, 0.05) is 31.3 Å². The molecule has 112 valence electrons. The molecule has 1 rings (SSSR count). The van der Waals surface area contributed by atoms with Gasteiger partial charge in [0.05, 0.1) is 6.61 Å². The van der Waals surface area contributed by atoms with Crippen LogP contribution in [0.15, 0.2) is 24.3 Å². The quantitative estimate of drug-likeness (QED) is 0.715. The molecule has 20 heavy (non-hydrogen) atoms. The van der Waals surface area contributed by atoms with E-state index in [1.807, 2.05) is 32.0 Å². The lowest BCUT2D eigenvalue weighted by atomic mass is 10.0. The van der Waals surface area contributed by atoms with Crippen molar-refractivity contribution < 1.29 is 14.3 Å². The first kappa shape index (κ1) is 16.5. The second-order valence-corrected chi connectivity index (χ2v) is 5.03. The largest absolute Gasteiger partial charge is 0.491 e. The molecule has 0 fully saturated rings. The molecule has 0 saturated heterocycles. The van der Waals surface area contributed by atoms with Crippen LogP contribution in [0.5, 0.6) is 5.75 Å². The van der Waals surface area contributed by atoms with E-state index in [0.717, 1.165) is 0 Å². The molecule has 1 aromatic carbocycles. The van der Waals surface area contributed by atoms with Crippen molar-refractivity contribution in [1.29, 1.82) is 0 Å². The molecule has 0 aliphatic rings. The zero-order valence-electron chi connectivity index (χ0n) is 12.4. The van der Waals surface area contributed by atoms with Gasteiger partial charge in [-0.25, -0.2) is 0 Å². The van der Waals surface area contributed by atoms with Crippen LogP contribution in [0, 0.1) is 5.92 Å². The standard InChI is InChI=1S/C15H24N2O3/c1-11(2)14(16)10-15(18)17-12-5-4-6-13(9-12)20-8-7-19-3/h4-6,9,11,14H,7-8,10,16H2,1-3H3,(H,17,18). The summed E-state index contributed by atoms with van der Waals surface area (Å²) in [7, 11) is 1.62. The summed E-state index contributed by atoms with van der Waals surface area (Å²) in [6, 6.07) is 7.15. The highest BCUT2D eigenvalue weighted by molar-refractivity contribution is 5.91. The molecule has 3 N–H and O–H groups in total. The van der Waals surface area contributed by atoms with Crippen molar-refractivity contribution in [3.63, 3.8) is 0 Å². The molecule has 0 aliphatic heterocycles. The SMILES string of the molecule is COCCOc1cccc(NC(=O)CC(N)C(C)C)c1. The number of rotatable bonds is 8. The molecule has 0 radical (unpaired) electrons. The number of methoxy groups -OCH3 is 1. The van der Waals surface area contributed by atoms with E-state index < -0.39 is 0 Å². The van der Waals surface area contributed by atoms with Crippen LogP contribution in [0.25, 0.3) is 0 Å². The molecule has 1 atom stereocenters. The summed E-state index contributed by atoms with van der Waals surface area (Å²) in [6.07, 6.45) is 0.312. The Morgan fingerprint density at radius 1 is 1.35 bits per heavy atom. The number of carbonyl (C=O) groups is 1. The maximum Gasteiger partial charge on any atom is 0.225 e. The second-order valence-electron chi connectivity index (χ2n) is 5.03. The van der Waals surface area contributed by atoms with Gasteiger partial charge < -0.3 is 20.5 Å². The van der Waals surface area contributed by atoms with Crippen LogP contribution in [0.4, 0.5) is 5.69 Å². The molecule has 1 aromatic rings. The summed E-state index contributed by atoms with van der Waals surface area (Å²) in [6.45, 7) is 5.01. The third-order valence-electron chi connectivity index (χ3n) is 2.95. The van der Waals surface area contributed by atoms with Crippen LogP contribution < -0.4 is 15.8 Å². The normalized spacial score (nSPS) is 12.2. The first-order valence-electron chi connectivity index (χ1n) is 6.80. The van der Waals surface area contributed by atoms with Crippen molar-refractivity contribution in [3.05, 3.63) is 24.3 Å². The van der Waals surface area contributed by atoms with Gasteiger partial charge in [-0.05, 0) is 18.1 Å². The first-order chi connectivity index (χ1) is 9.52. The fraction of sp³-hybridized carbons (Fsp3) is 0.533. The van der Waals surface area contributed by atoms with Gasteiger partial charge >= 0.3 is 0 Å². The molecule has 1 amide bonds. The lowest BCUT2D eigenvalue weighted by molar-refractivity contribution is -0.116. The van der Waals surface area contributed by atoms with E-state index in [-0.39, 0.29) is 17.9 Å². The number of nitrogens with one attached hydrogen (secondary N) is 1. The Morgan fingerprint density at radius 2 is 2.10 bits per heavy atom. The van der Waals surface area contributed by atoms with Crippen molar-refractivity contribution >= 4 is 11.6 Å². The number of hydrogen-bond acceptors (Lipinski definition) is 4. The van der Waals surface area contributed by atoms with Gasteiger partial charge in [0.1, 0.15) is 12.4 Å². The van der Waals surface area contributed by atoms with Gasteiger partial charge in [0.15, 0.2) is 0 Å². The molecular weight excluding hydrogens is 256 g/mol. The number of nitrogens with two attached hydrogens (primary N) is 1. The van der Waals surface area contributed by atoms with Gasteiger partial charge in [-0.2, -0.15) is 0 Å². The molecule has 0 bridgehead atoms. The molecule has 0 spiro atoms. The number of amides is 1. The molecule has 0 heterocycles. The van der Waals surface area contributed by atoms with Crippen molar-refractivity contribution in [2.75, 3.05) is 25.6 Å². The molecule has 5 heteroatoms. The topological polar surface area (TPSA) is 73.6 Å². The van der Waals surface area contributed by atoms with Crippen LogP contribution in [0.2, 0.25) is 0 Å². The summed E-state index contributed by atoms with van der Waals surface area (Å²) in [5.41, 5.74) is 6.59. The molecule has 0 aliphatic carbocycles. The summed E-state index contributed by atoms with van der Waals surface area (Å²) >= 11 is 0. The third-order valence-corrected chi connectivity index (χ3v) is 2.95. The first-order valence-corrected chi connectivity index (χ1v) is 6.80. The average molecular weight is 280 g/mol. The van der Waals surface area contributed by atoms with Gasteiger partial charge in [0.2, 0.25) is 5.91 Å². The van der Waals surface area contributed by atoms with E-state index in [0.29, 0.717) is 31.1 Å². The van der Waals surface area contributed by atoms with Crippen molar-refractivity contribution in [3.8, 4) is 5.75 Å². The minimum Gasteiger partial charge on any atom is -0.491 e. The smallest absolute Gasteiger partial charge is 0.225 e. The monoisotopic (exact) mass is 280 g/mol. The van der Waals surface area contributed by atoms with Crippen LogP contribution >= 0.6 is 0 Å². The Balaban J connectivity index is 2.50.